The van der Waals surface area contributed by atoms with E-state index in [4.69, 9.17) is 16.0 Å². The van der Waals surface area contributed by atoms with E-state index in [1.807, 2.05) is 24.3 Å². The molecule has 0 amide bonds. The Morgan fingerprint density at radius 3 is 2.72 bits per heavy atom. The molecular formula is C14H16ClNO2. The number of furan rings is 1. The van der Waals surface area contributed by atoms with Crippen LogP contribution in [0.4, 0.5) is 5.69 Å². The van der Waals surface area contributed by atoms with Gasteiger partial charge in [-0.3, -0.25) is 0 Å². The van der Waals surface area contributed by atoms with Gasteiger partial charge in [0.2, 0.25) is 0 Å². The van der Waals surface area contributed by atoms with Crippen LogP contribution in [0.3, 0.4) is 0 Å². The van der Waals surface area contributed by atoms with Crippen molar-refractivity contribution in [1.29, 1.82) is 0 Å². The summed E-state index contributed by atoms with van der Waals surface area (Å²) in [4.78, 5) is 2.12. The Hall–Kier alpha value is -1.45. The van der Waals surface area contributed by atoms with Gasteiger partial charge in [0.1, 0.15) is 5.76 Å². The van der Waals surface area contributed by atoms with Gasteiger partial charge in [0.25, 0.3) is 0 Å². The second kappa shape index (κ2) is 5.94. The summed E-state index contributed by atoms with van der Waals surface area (Å²) in [5, 5.41) is 10.0. The minimum atomic E-state index is -0.0658. The zero-order valence-corrected chi connectivity index (χ0v) is 11.0. The number of hydrogen-bond donors (Lipinski definition) is 1. The van der Waals surface area contributed by atoms with E-state index in [0.29, 0.717) is 11.6 Å². The molecule has 0 atom stereocenters. The summed E-state index contributed by atoms with van der Waals surface area (Å²) in [7, 11) is 0. The quantitative estimate of drug-likeness (QED) is 0.900. The number of aliphatic hydroxyl groups excluding tert-OH is 1. The van der Waals surface area contributed by atoms with Gasteiger partial charge >= 0.3 is 0 Å². The molecule has 1 heterocycles. The van der Waals surface area contributed by atoms with Crippen LogP contribution in [0.15, 0.2) is 41.0 Å². The Labute approximate surface area is 112 Å². The molecule has 1 aromatic heterocycles. The number of anilines is 1. The molecule has 2 rings (SSSR count). The summed E-state index contributed by atoms with van der Waals surface area (Å²) < 4.78 is 5.35. The third-order valence-electron chi connectivity index (χ3n) is 2.90. The molecule has 0 saturated heterocycles. The highest BCUT2D eigenvalue weighted by molar-refractivity contribution is 6.31. The predicted octanol–water partition coefficient (Wildman–Crippen LogP) is 3.45. The lowest BCUT2D eigenvalue weighted by Crippen LogP contribution is -2.23. The first-order chi connectivity index (χ1) is 8.76. The maximum atomic E-state index is 9.44. The highest BCUT2D eigenvalue weighted by Crippen LogP contribution is 2.28. The van der Waals surface area contributed by atoms with Gasteiger partial charge in [-0.15, -0.1) is 0 Å². The topological polar surface area (TPSA) is 36.6 Å². The van der Waals surface area contributed by atoms with E-state index in [9.17, 15) is 5.11 Å². The highest BCUT2D eigenvalue weighted by Gasteiger charge is 2.13. The van der Waals surface area contributed by atoms with Gasteiger partial charge < -0.3 is 14.4 Å². The standard InChI is InChI=1S/C14H16ClNO2/c1-2-16(9-11-5-4-8-18-11)14-7-3-6-13(15)12(14)10-17/h3-8,17H,2,9-10H2,1H3. The third kappa shape index (κ3) is 2.68. The smallest absolute Gasteiger partial charge is 0.123 e. The van der Waals surface area contributed by atoms with E-state index in [1.54, 1.807) is 12.3 Å². The first-order valence-electron chi connectivity index (χ1n) is 5.91. The molecule has 0 spiro atoms. The van der Waals surface area contributed by atoms with Crippen molar-refractivity contribution in [3.8, 4) is 0 Å². The van der Waals surface area contributed by atoms with Crippen LogP contribution in [-0.4, -0.2) is 11.7 Å². The summed E-state index contributed by atoms with van der Waals surface area (Å²) in [6.07, 6.45) is 1.66. The first-order valence-corrected chi connectivity index (χ1v) is 6.29. The van der Waals surface area contributed by atoms with E-state index in [1.165, 1.54) is 0 Å². The number of halogens is 1. The van der Waals surface area contributed by atoms with Crippen molar-refractivity contribution in [1.82, 2.24) is 0 Å². The molecule has 18 heavy (non-hydrogen) atoms. The number of rotatable bonds is 5. The fourth-order valence-corrected chi connectivity index (χ4v) is 2.19. The SMILES string of the molecule is CCN(Cc1ccco1)c1cccc(Cl)c1CO. The molecule has 0 unspecified atom stereocenters. The minimum absolute atomic E-state index is 0.0658. The monoisotopic (exact) mass is 265 g/mol. The van der Waals surface area contributed by atoms with Crippen LogP contribution in [0.1, 0.15) is 18.2 Å². The largest absolute Gasteiger partial charge is 0.467 e. The van der Waals surface area contributed by atoms with Crippen molar-refractivity contribution in [2.45, 2.75) is 20.1 Å². The van der Waals surface area contributed by atoms with Crippen molar-refractivity contribution in [3.05, 3.63) is 52.9 Å². The van der Waals surface area contributed by atoms with Gasteiger partial charge in [-0.1, -0.05) is 17.7 Å². The summed E-state index contributed by atoms with van der Waals surface area (Å²) >= 11 is 6.10. The van der Waals surface area contributed by atoms with Crippen LogP contribution >= 0.6 is 11.6 Å². The molecule has 0 saturated carbocycles. The fourth-order valence-electron chi connectivity index (χ4n) is 1.96. The van der Waals surface area contributed by atoms with Crippen molar-refractivity contribution < 1.29 is 9.52 Å². The van der Waals surface area contributed by atoms with Crippen LogP contribution < -0.4 is 4.90 Å². The molecule has 96 valence electrons. The minimum Gasteiger partial charge on any atom is -0.467 e. The maximum absolute atomic E-state index is 9.44. The van der Waals surface area contributed by atoms with Gasteiger partial charge in [0.15, 0.2) is 0 Å². The molecule has 0 fully saturated rings. The van der Waals surface area contributed by atoms with Gasteiger partial charge in [0.05, 0.1) is 19.4 Å². The molecule has 0 aliphatic carbocycles. The molecule has 0 bridgehead atoms. The van der Waals surface area contributed by atoms with E-state index in [2.05, 4.69) is 11.8 Å². The van der Waals surface area contributed by atoms with Crippen LogP contribution in [-0.2, 0) is 13.2 Å². The van der Waals surface area contributed by atoms with Crippen LogP contribution in [0.5, 0.6) is 0 Å². The zero-order valence-electron chi connectivity index (χ0n) is 10.3. The summed E-state index contributed by atoms with van der Waals surface area (Å²) in [5.74, 6) is 0.890. The molecular weight excluding hydrogens is 250 g/mol. The van der Waals surface area contributed by atoms with E-state index < -0.39 is 0 Å². The second-order valence-corrected chi connectivity index (χ2v) is 4.40. The summed E-state index contributed by atoms with van der Waals surface area (Å²) in [6, 6.07) is 9.45. The summed E-state index contributed by atoms with van der Waals surface area (Å²) in [6.45, 7) is 3.47. The molecule has 0 aliphatic rings. The number of aliphatic hydroxyl groups is 1. The Balaban J connectivity index is 2.30. The normalized spacial score (nSPS) is 10.6. The van der Waals surface area contributed by atoms with Crippen molar-refractivity contribution >= 4 is 17.3 Å². The molecule has 4 heteroatoms. The van der Waals surface area contributed by atoms with Crippen molar-refractivity contribution in [2.24, 2.45) is 0 Å². The number of nitrogens with zero attached hydrogens (tertiary/aromatic N) is 1. The molecule has 0 aliphatic heterocycles. The number of benzene rings is 1. The lowest BCUT2D eigenvalue weighted by molar-refractivity contribution is 0.282. The lowest BCUT2D eigenvalue weighted by atomic mass is 10.1. The Kier molecular flexibility index (Phi) is 4.28. The van der Waals surface area contributed by atoms with E-state index in [0.717, 1.165) is 23.6 Å². The van der Waals surface area contributed by atoms with Crippen molar-refractivity contribution in [3.63, 3.8) is 0 Å². The van der Waals surface area contributed by atoms with Gasteiger partial charge in [-0.2, -0.15) is 0 Å². The van der Waals surface area contributed by atoms with Gasteiger partial charge in [0, 0.05) is 22.8 Å². The van der Waals surface area contributed by atoms with Crippen LogP contribution in [0.2, 0.25) is 5.02 Å². The Bertz CT molecular complexity index is 497. The zero-order chi connectivity index (χ0) is 13.0. The van der Waals surface area contributed by atoms with Crippen molar-refractivity contribution in [2.75, 3.05) is 11.4 Å². The Morgan fingerprint density at radius 1 is 1.28 bits per heavy atom. The molecule has 3 nitrogen and oxygen atoms in total. The highest BCUT2D eigenvalue weighted by atomic mass is 35.5. The molecule has 0 radical (unpaired) electrons. The number of hydrogen-bond acceptors (Lipinski definition) is 3. The van der Waals surface area contributed by atoms with Crippen LogP contribution in [0.25, 0.3) is 0 Å². The van der Waals surface area contributed by atoms with Crippen LogP contribution in [0, 0.1) is 0 Å². The van der Waals surface area contributed by atoms with E-state index >= 15 is 0 Å². The average molecular weight is 266 g/mol. The average Bonchev–Trinajstić information content (AvgIpc) is 2.88. The third-order valence-corrected chi connectivity index (χ3v) is 3.26. The molecule has 1 aromatic carbocycles. The molecule has 1 N–H and O–H groups in total. The Morgan fingerprint density at radius 2 is 2.11 bits per heavy atom. The first kappa shape index (κ1) is 13.0. The fraction of sp³-hybridized carbons (Fsp3) is 0.286. The summed E-state index contributed by atoms with van der Waals surface area (Å²) in [5.41, 5.74) is 1.71. The maximum Gasteiger partial charge on any atom is 0.123 e. The van der Waals surface area contributed by atoms with E-state index in [-0.39, 0.29) is 6.61 Å². The lowest BCUT2D eigenvalue weighted by Gasteiger charge is -2.24. The molecule has 2 aromatic rings. The predicted molar refractivity (Wildman–Crippen MR) is 72.8 cm³/mol. The second-order valence-electron chi connectivity index (χ2n) is 3.99. The van der Waals surface area contributed by atoms with Gasteiger partial charge in [-0.25, -0.2) is 0 Å². The van der Waals surface area contributed by atoms with Gasteiger partial charge in [-0.05, 0) is 31.2 Å².